The molecule has 1 saturated heterocycles. The largest absolute Gasteiger partial charge is 0.366 e. The van der Waals surface area contributed by atoms with Gasteiger partial charge in [-0.1, -0.05) is 12.1 Å². The fourth-order valence-electron chi connectivity index (χ4n) is 3.22. The van der Waals surface area contributed by atoms with Crippen LogP contribution in [0, 0.1) is 12.8 Å². The Morgan fingerprint density at radius 2 is 2.07 bits per heavy atom. The molecule has 2 amide bonds. The Hall–Kier alpha value is -2.23. The van der Waals surface area contributed by atoms with Crippen LogP contribution < -0.4 is 11.1 Å². The number of hydrogen-bond acceptors (Lipinski definition) is 5. The fourth-order valence-corrected chi connectivity index (χ4v) is 6.18. The summed E-state index contributed by atoms with van der Waals surface area (Å²) in [5, 5.41) is 2.84. The number of sulfonamides is 1. The van der Waals surface area contributed by atoms with Crippen LogP contribution in [0.25, 0.3) is 0 Å². The third kappa shape index (κ3) is 4.60. The van der Waals surface area contributed by atoms with Gasteiger partial charge in [0.15, 0.2) is 0 Å². The van der Waals surface area contributed by atoms with Crippen LogP contribution in [0.1, 0.15) is 33.6 Å². The molecule has 2 heterocycles. The van der Waals surface area contributed by atoms with E-state index >= 15 is 0 Å². The first kappa shape index (κ1) is 20.5. The molecule has 0 aliphatic carbocycles. The number of aryl methyl sites for hydroxylation is 1. The van der Waals surface area contributed by atoms with Gasteiger partial charge in [0.1, 0.15) is 4.21 Å². The summed E-state index contributed by atoms with van der Waals surface area (Å²) in [6, 6.07) is 10.2. The summed E-state index contributed by atoms with van der Waals surface area (Å²) in [4.78, 5) is 24.8. The van der Waals surface area contributed by atoms with Gasteiger partial charge >= 0.3 is 0 Å². The molecule has 3 rings (SSSR count). The predicted molar refractivity (Wildman–Crippen MR) is 107 cm³/mol. The van der Waals surface area contributed by atoms with Gasteiger partial charge in [-0.3, -0.25) is 9.59 Å². The molecule has 1 aromatic carbocycles. The third-order valence-corrected chi connectivity index (χ3v) is 8.08. The maximum atomic E-state index is 12.8. The molecule has 7 nitrogen and oxygen atoms in total. The number of nitrogens with two attached hydrogens (primary N) is 1. The molecule has 150 valence electrons. The molecule has 0 radical (unpaired) electrons. The lowest BCUT2D eigenvalue weighted by Crippen LogP contribution is -2.45. The first-order valence-electron chi connectivity index (χ1n) is 9.00. The highest BCUT2D eigenvalue weighted by Crippen LogP contribution is 2.28. The first-order valence-corrected chi connectivity index (χ1v) is 11.3. The number of nitrogens with one attached hydrogen (secondary N) is 1. The SMILES string of the molecule is Cc1ccc(S(=O)(=O)N2CCCC(C(=O)NCc3cccc(C(N)=O)c3)C2)s1. The molecular formula is C19H23N3O4S2. The average molecular weight is 422 g/mol. The van der Waals surface area contributed by atoms with Crippen LogP contribution in [0.3, 0.4) is 0 Å². The van der Waals surface area contributed by atoms with Crippen LogP contribution >= 0.6 is 11.3 Å². The third-order valence-electron chi connectivity index (χ3n) is 4.74. The van der Waals surface area contributed by atoms with E-state index in [0.717, 1.165) is 10.4 Å². The molecule has 0 bridgehead atoms. The number of piperidine rings is 1. The summed E-state index contributed by atoms with van der Waals surface area (Å²) in [6.45, 7) is 2.72. The lowest BCUT2D eigenvalue weighted by Gasteiger charge is -2.30. The Balaban J connectivity index is 1.63. The zero-order chi connectivity index (χ0) is 20.3. The van der Waals surface area contributed by atoms with Crippen molar-refractivity contribution in [3.8, 4) is 0 Å². The van der Waals surface area contributed by atoms with E-state index in [2.05, 4.69) is 5.32 Å². The second-order valence-electron chi connectivity index (χ2n) is 6.85. The van der Waals surface area contributed by atoms with Gasteiger partial charge in [0.25, 0.3) is 10.0 Å². The minimum Gasteiger partial charge on any atom is -0.366 e. The zero-order valence-electron chi connectivity index (χ0n) is 15.6. The zero-order valence-corrected chi connectivity index (χ0v) is 17.2. The molecule has 1 fully saturated rings. The van der Waals surface area contributed by atoms with E-state index in [9.17, 15) is 18.0 Å². The highest BCUT2D eigenvalue weighted by molar-refractivity contribution is 7.91. The number of nitrogens with zero attached hydrogens (tertiary/aromatic N) is 1. The molecule has 9 heteroatoms. The van der Waals surface area contributed by atoms with E-state index in [4.69, 9.17) is 5.73 Å². The van der Waals surface area contributed by atoms with Crippen LogP contribution in [0.15, 0.2) is 40.6 Å². The van der Waals surface area contributed by atoms with E-state index in [1.807, 2.05) is 6.92 Å². The summed E-state index contributed by atoms with van der Waals surface area (Å²) in [5.74, 6) is -1.11. The van der Waals surface area contributed by atoms with Gasteiger partial charge < -0.3 is 11.1 Å². The summed E-state index contributed by atoms with van der Waals surface area (Å²) >= 11 is 1.24. The van der Waals surface area contributed by atoms with E-state index in [1.165, 1.54) is 15.6 Å². The van der Waals surface area contributed by atoms with E-state index < -0.39 is 21.8 Å². The number of primary amides is 1. The van der Waals surface area contributed by atoms with Gasteiger partial charge in [-0.15, -0.1) is 11.3 Å². The van der Waals surface area contributed by atoms with Crippen molar-refractivity contribution in [1.82, 2.24) is 9.62 Å². The predicted octanol–water partition coefficient (Wildman–Crippen LogP) is 1.87. The molecule has 2 aromatic rings. The van der Waals surface area contributed by atoms with Gasteiger partial charge in [-0.05, 0) is 49.6 Å². The van der Waals surface area contributed by atoms with Crippen LogP contribution in [-0.4, -0.2) is 37.6 Å². The fraction of sp³-hybridized carbons (Fsp3) is 0.368. The lowest BCUT2D eigenvalue weighted by molar-refractivity contribution is -0.126. The molecule has 28 heavy (non-hydrogen) atoms. The topological polar surface area (TPSA) is 110 Å². The van der Waals surface area contributed by atoms with Crippen molar-refractivity contribution in [2.75, 3.05) is 13.1 Å². The van der Waals surface area contributed by atoms with Gasteiger partial charge in [-0.2, -0.15) is 4.31 Å². The number of rotatable bonds is 6. The molecule has 1 unspecified atom stereocenters. The number of carbonyl (C=O) groups is 2. The van der Waals surface area contributed by atoms with E-state index in [1.54, 1.807) is 36.4 Å². The normalized spacial score (nSPS) is 18.0. The molecule has 1 aliphatic heterocycles. The lowest BCUT2D eigenvalue weighted by atomic mass is 9.98. The van der Waals surface area contributed by atoms with E-state index in [0.29, 0.717) is 29.2 Å². The minimum atomic E-state index is -3.57. The van der Waals surface area contributed by atoms with Gasteiger partial charge in [0.05, 0.1) is 5.92 Å². The smallest absolute Gasteiger partial charge is 0.252 e. The van der Waals surface area contributed by atoms with Crippen LogP contribution in [0.2, 0.25) is 0 Å². The molecule has 0 spiro atoms. The molecule has 1 aliphatic rings. The second-order valence-corrected chi connectivity index (χ2v) is 10.3. The maximum Gasteiger partial charge on any atom is 0.252 e. The van der Waals surface area contributed by atoms with Crippen LogP contribution in [0.5, 0.6) is 0 Å². The highest BCUT2D eigenvalue weighted by Gasteiger charge is 2.33. The van der Waals surface area contributed by atoms with Crippen molar-refractivity contribution in [2.45, 2.75) is 30.5 Å². The van der Waals surface area contributed by atoms with Crippen molar-refractivity contribution in [3.05, 3.63) is 52.4 Å². The van der Waals surface area contributed by atoms with Crippen molar-refractivity contribution in [3.63, 3.8) is 0 Å². The number of carbonyl (C=O) groups excluding carboxylic acids is 2. The summed E-state index contributed by atoms with van der Waals surface area (Å²) in [6.07, 6.45) is 1.28. The Morgan fingerprint density at radius 1 is 1.29 bits per heavy atom. The molecular weight excluding hydrogens is 398 g/mol. The quantitative estimate of drug-likeness (QED) is 0.742. The van der Waals surface area contributed by atoms with Crippen molar-refractivity contribution in [2.24, 2.45) is 11.7 Å². The summed E-state index contributed by atoms with van der Waals surface area (Å²) in [7, 11) is -3.57. The number of hydrogen-bond donors (Lipinski definition) is 2. The van der Waals surface area contributed by atoms with Gasteiger partial charge in [0.2, 0.25) is 11.8 Å². The Labute approximate surface area is 168 Å². The van der Waals surface area contributed by atoms with E-state index in [-0.39, 0.29) is 19.0 Å². The number of benzene rings is 1. The summed E-state index contributed by atoms with van der Waals surface area (Å²) < 4.78 is 27.3. The standard InChI is InChI=1S/C19H23N3O4S2/c1-13-7-8-17(27-13)28(25,26)22-9-3-6-16(12-22)19(24)21-11-14-4-2-5-15(10-14)18(20)23/h2,4-5,7-8,10,16H,3,6,9,11-12H2,1H3,(H2,20,23)(H,21,24). The number of amides is 2. The molecule has 1 aromatic heterocycles. The monoisotopic (exact) mass is 421 g/mol. The van der Waals surface area contributed by atoms with Crippen LogP contribution in [-0.2, 0) is 21.4 Å². The second kappa shape index (κ2) is 8.42. The summed E-state index contributed by atoms with van der Waals surface area (Å²) in [5.41, 5.74) is 6.42. The minimum absolute atomic E-state index is 0.173. The Bertz CT molecular complexity index is 985. The average Bonchev–Trinajstić information content (AvgIpc) is 3.13. The molecule has 0 saturated carbocycles. The van der Waals surface area contributed by atoms with Crippen molar-refractivity contribution in [1.29, 1.82) is 0 Å². The molecule has 3 N–H and O–H groups in total. The highest BCUT2D eigenvalue weighted by atomic mass is 32.2. The van der Waals surface area contributed by atoms with Gasteiger partial charge in [-0.25, -0.2) is 8.42 Å². The van der Waals surface area contributed by atoms with Crippen LogP contribution in [0.4, 0.5) is 0 Å². The maximum absolute atomic E-state index is 12.8. The van der Waals surface area contributed by atoms with Gasteiger partial charge in [0, 0.05) is 30.1 Å². The van der Waals surface area contributed by atoms with Crippen molar-refractivity contribution < 1.29 is 18.0 Å². The van der Waals surface area contributed by atoms with Crippen molar-refractivity contribution >= 4 is 33.2 Å². The Kier molecular flexibility index (Phi) is 6.17. The Morgan fingerprint density at radius 3 is 2.75 bits per heavy atom. The number of thiophene rings is 1. The first-order chi connectivity index (χ1) is 13.3. The molecule has 1 atom stereocenters.